The van der Waals surface area contributed by atoms with Gasteiger partial charge in [-0.2, -0.15) is 0 Å². The average Bonchev–Trinajstić information content (AvgIpc) is 1.86. The van der Waals surface area contributed by atoms with E-state index in [4.69, 9.17) is 15.9 Å². The first-order valence-electron chi connectivity index (χ1n) is 2.80. The lowest BCUT2D eigenvalue weighted by Gasteiger charge is -2.16. The van der Waals surface area contributed by atoms with Crippen molar-refractivity contribution < 1.29 is 19.8 Å². The van der Waals surface area contributed by atoms with E-state index in [1.165, 1.54) is 0 Å². The Hall–Kier alpha value is -1.36. The van der Waals surface area contributed by atoms with E-state index in [1.54, 1.807) is 0 Å². The van der Waals surface area contributed by atoms with Crippen LogP contribution < -0.4 is 5.73 Å². The van der Waals surface area contributed by atoms with Crippen LogP contribution in [0.3, 0.4) is 0 Å². The monoisotopic (exact) mass is 159 g/mol. The molecule has 0 aliphatic carbocycles. The van der Waals surface area contributed by atoms with Gasteiger partial charge in [-0.1, -0.05) is 6.08 Å². The lowest BCUT2D eigenvalue weighted by molar-refractivity contribution is -0.147. The topological polar surface area (TPSA) is 101 Å². The molecule has 0 spiro atoms. The molecule has 0 aliphatic heterocycles. The molecule has 1 atom stereocenters. The first-order chi connectivity index (χ1) is 4.92. The van der Waals surface area contributed by atoms with Gasteiger partial charge in [-0.3, -0.25) is 4.79 Å². The summed E-state index contributed by atoms with van der Waals surface area (Å²) in [6, 6.07) is 0. The van der Waals surface area contributed by atoms with E-state index < -0.39 is 23.9 Å². The Bertz CT molecular complexity index is 201. The molecule has 4 N–H and O–H groups in total. The lowest BCUT2D eigenvalue weighted by atomic mass is 9.97. The summed E-state index contributed by atoms with van der Waals surface area (Å²) in [5.74, 6) is -2.66. The molecular formula is C6H9NO4. The molecule has 0 aromatic carbocycles. The number of nitrogens with two attached hydrogens (primary N) is 1. The van der Waals surface area contributed by atoms with E-state index in [0.29, 0.717) is 0 Å². The Morgan fingerprint density at radius 2 is 2.00 bits per heavy atom. The van der Waals surface area contributed by atoms with Crippen molar-refractivity contribution >= 4 is 11.9 Å². The SMILES string of the molecule is C=C[C@](N)(CC(=O)O)C(=O)O. The first-order valence-corrected chi connectivity index (χ1v) is 2.80. The van der Waals surface area contributed by atoms with Crippen molar-refractivity contribution in [3.63, 3.8) is 0 Å². The maximum atomic E-state index is 10.3. The van der Waals surface area contributed by atoms with E-state index in [2.05, 4.69) is 6.58 Å². The molecule has 0 saturated heterocycles. The summed E-state index contributed by atoms with van der Waals surface area (Å²) in [5.41, 5.74) is 3.29. The Morgan fingerprint density at radius 1 is 1.55 bits per heavy atom. The molecule has 0 bridgehead atoms. The molecule has 11 heavy (non-hydrogen) atoms. The van der Waals surface area contributed by atoms with Crippen molar-refractivity contribution in [1.29, 1.82) is 0 Å². The van der Waals surface area contributed by atoms with Gasteiger partial charge in [0.2, 0.25) is 0 Å². The zero-order chi connectivity index (χ0) is 9.07. The number of carboxylic acids is 2. The van der Waals surface area contributed by atoms with Gasteiger partial charge in [-0.15, -0.1) is 6.58 Å². The lowest BCUT2D eigenvalue weighted by Crippen LogP contribution is -2.47. The summed E-state index contributed by atoms with van der Waals surface area (Å²) in [6.45, 7) is 3.14. The third kappa shape index (κ3) is 2.38. The second kappa shape index (κ2) is 3.16. The van der Waals surface area contributed by atoms with Gasteiger partial charge < -0.3 is 15.9 Å². The van der Waals surface area contributed by atoms with Gasteiger partial charge in [-0.05, 0) is 0 Å². The average molecular weight is 159 g/mol. The summed E-state index contributed by atoms with van der Waals surface area (Å²) in [5, 5.41) is 16.7. The molecule has 5 heteroatoms. The fourth-order valence-corrected chi connectivity index (χ4v) is 0.485. The molecule has 0 rings (SSSR count). The standard InChI is InChI=1S/C6H9NO4/c1-2-6(7,5(10)11)3-4(8)9/h2H,1,3,7H2,(H,8,9)(H,10,11)/t6-/m0/s1. The van der Waals surface area contributed by atoms with E-state index in [-0.39, 0.29) is 0 Å². The second-order valence-corrected chi connectivity index (χ2v) is 2.12. The Kier molecular flexibility index (Phi) is 2.77. The van der Waals surface area contributed by atoms with Crippen LogP contribution in [0.5, 0.6) is 0 Å². The fraction of sp³-hybridized carbons (Fsp3) is 0.333. The number of hydrogen-bond donors (Lipinski definition) is 3. The van der Waals surface area contributed by atoms with Crippen LogP contribution in [0.4, 0.5) is 0 Å². The van der Waals surface area contributed by atoms with Crippen LogP contribution in [-0.4, -0.2) is 27.7 Å². The van der Waals surface area contributed by atoms with Crippen LogP contribution in [0, 0.1) is 0 Å². The van der Waals surface area contributed by atoms with Crippen molar-refractivity contribution in [2.75, 3.05) is 0 Å². The highest BCUT2D eigenvalue weighted by atomic mass is 16.4. The van der Waals surface area contributed by atoms with Gasteiger partial charge in [0.1, 0.15) is 5.54 Å². The highest BCUT2D eigenvalue weighted by Crippen LogP contribution is 2.07. The quantitative estimate of drug-likeness (QED) is 0.477. The highest BCUT2D eigenvalue weighted by Gasteiger charge is 2.32. The number of hydrogen-bond acceptors (Lipinski definition) is 3. The normalized spacial score (nSPS) is 15.0. The molecule has 0 aliphatic rings. The van der Waals surface area contributed by atoms with Crippen molar-refractivity contribution in [3.05, 3.63) is 12.7 Å². The van der Waals surface area contributed by atoms with Gasteiger partial charge in [-0.25, -0.2) is 4.79 Å². The van der Waals surface area contributed by atoms with Gasteiger partial charge in [0, 0.05) is 0 Å². The van der Waals surface area contributed by atoms with E-state index in [9.17, 15) is 9.59 Å². The van der Waals surface area contributed by atoms with Crippen molar-refractivity contribution in [3.8, 4) is 0 Å². The van der Waals surface area contributed by atoms with Gasteiger partial charge >= 0.3 is 11.9 Å². The minimum Gasteiger partial charge on any atom is -0.481 e. The predicted octanol–water partition coefficient (Wildman–Crippen LogP) is -0.571. The Balaban J connectivity index is 4.47. The van der Waals surface area contributed by atoms with Gasteiger partial charge in [0.15, 0.2) is 0 Å². The maximum absolute atomic E-state index is 10.3. The highest BCUT2D eigenvalue weighted by molar-refractivity contribution is 5.86. The summed E-state index contributed by atoms with van der Waals surface area (Å²) >= 11 is 0. The first kappa shape index (κ1) is 9.64. The molecular weight excluding hydrogens is 150 g/mol. The molecule has 0 amide bonds. The Labute approximate surface area is 63.1 Å². The molecule has 0 saturated carbocycles. The largest absolute Gasteiger partial charge is 0.481 e. The van der Waals surface area contributed by atoms with Crippen LogP contribution >= 0.6 is 0 Å². The molecule has 0 heterocycles. The van der Waals surface area contributed by atoms with E-state index >= 15 is 0 Å². The minimum absolute atomic E-state index is 0.661. The number of aliphatic carboxylic acids is 2. The number of carboxylic acid groups (broad SMARTS) is 2. The van der Waals surface area contributed by atoms with Crippen LogP contribution in [0.15, 0.2) is 12.7 Å². The maximum Gasteiger partial charge on any atom is 0.328 e. The smallest absolute Gasteiger partial charge is 0.328 e. The summed E-state index contributed by atoms with van der Waals surface area (Å²) < 4.78 is 0. The van der Waals surface area contributed by atoms with E-state index in [0.717, 1.165) is 6.08 Å². The molecule has 0 fully saturated rings. The summed E-state index contributed by atoms with van der Waals surface area (Å²) in [6.07, 6.45) is 0.245. The summed E-state index contributed by atoms with van der Waals surface area (Å²) in [7, 11) is 0. The zero-order valence-electron chi connectivity index (χ0n) is 5.78. The van der Waals surface area contributed by atoms with Crippen LogP contribution in [0.1, 0.15) is 6.42 Å². The second-order valence-electron chi connectivity index (χ2n) is 2.12. The third-order valence-electron chi connectivity index (χ3n) is 1.21. The number of carbonyl (C=O) groups is 2. The molecule has 0 aromatic rings. The predicted molar refractivity (Wildman–Crippen MR) is 37.0 cm³/mol. The van der Waals surface area contributed by atoms with Crippen molar-refractivity contribution in [2.24, 2.45) is 5.73 Å². The van der Waals surface area contributed by atoms with Crippen LogP contribution in [0.2, 0.25) is 0 Å². The fourth-order valence-electron chi connectivity index (χ4n) is 0.485. The minimum atomic E-state index is -1.86. The molecule has 0 unspecified atom stereocenters. The molecule has 62 valence electrons. The van der Waals surface area contributed by atoms with E-state index in [1.807, 2.05) is 0 Å². The van der Waals surface area contributed by atoms with Crippen molar-refractivity contribution in [1.82, 2.24) is 0 Å². The summed E-state index contributed by atoms with van der Waals surface area (Å²) in [4.78, 5) is 20.4. The number of rotatable bonds is 4. The third-order valence-corrected chi connectivity index (χ3v) is 1.21. The van der Waals surface area contributed by atoms with Gasteiger partial charge in [0.25, 0.3) is 0 Å². The molecule has 0 radical (unpaired) electrons. The zero-order valence-corrected chi connectivity index (χ0v) is 5.78. The Morgan fingerprint density at radius 3 is 2.09 bits per heavy atom. The molecule has 5 nitrogen and oxygen atoms in total. The van der Waals surface area contributed by atoms with Gasteiger partial charge in [0.05, 0.1) is 6.42 Å². The van der Waals surface area contributed by atoms with Crippen LogP contribution in [0.25, 0.3) is 0 Å². The van der Waals surface area contributed by atoms with Crippen LogP contribution in [-0.2, 0) is 9.59 Å². The molecule has 0 aromatic heterocycles. The van der Waals surface area contributed by atoms with Crippen molar-refractivity contribution in [2.45, 2.75) is 12.0 Å².